The topological polar surface area (TPSA) is 77.8 Å². The molecule has 1 rings (SSSR count). The molecule has 0 saturated carbocycles. The number of benzene rings is 1. The molecule has 0 atom stereocenters. The summed E-state index contributed by atoms with van der Waals surface area (Å²) in [6.07, 6.45) is 0. The van der Waals surface area contributed by atoms with Gasteiger partial charge >= 0.3 is 0 Å². The highest BCUT2D eigenvalue weighted by Crippen LogP contribution is 2.18. The van der Waals surface area contributed by atoms with Crippen molar-refractivity contribution in [2.45, 2.75) is 0 Å². The Kier molecular flexibility index (Phi) is 1.91. The van der Waals surface area contributed by atoms with Crippen molar-refractivity contribution in [3.05, 3.63) is 39.9 Å². The van der Waals surface area contributed by atoms with Crippen LogP contribution in [-0.4, -0.2) is 4.92 Å². The molecule has 0 heterocycles. The summed E-state index contributed by atoms with van der Waals surface area (Å²) >= 11 is 0. The molecule has 0 amide bonds. The van der Waals surface area contributed by atoms with Crippen LogP contribution in [0.1, 0.15) is 0 Å². The minimum Gasteiger partial charge on any atom is -0.706 e. The number of non-ortho nitro benzene ring substituents is 1. The molecule has 0 aliphatic rings. The zero-order valence-electron chi connectivity index (χ0n) is 5.47. The first-order valence-corrected chi connectivity index (χ1v) is 2.83. The largest absolute Gasteiger partial charge is 0.706 e. The third-order valence-corrected chi connectivity index (χ3v) is 1.16. The Hall–Kier alpha value is -1.78. The fourth-order valence-electron chi connectivity index (χ4n) is 0.669. The molecule has 1 aromatic carbocycles. The maximum Gasteiger partial charge on any atom is 0.271 e. The third-order valence-electron chi connectivity index (χ3n) is 1.16. The van der Waals surface area contributed by atoms with Gasteiger partial charge in [-0.15, -0.1) is 0 Å². The number of hydrogen-bond acceptors (Lipinski definition) is 3. The summed E-state index contributed by atoms with van der Waals surface area (Å²) in [7, 11) is 0. The van der Waals surface area contributed by atoms with Crippen LogP contribution in [0, 0.1) is 10.1 Å². The molecule has 56 valence electrons. The Balaban J connectivity index is 3.10. The number of hydrogen-bond donors (Lipinski definition) is 0. The second-order valence-corrected chi connectivity index (χ2v) is 1.88. The van der Waals surface area contributed by atoms with Gasteiger partial charge in [-0.3, -0.25) is 10.1 Å². The number of rotatable bonds is 2. The highest BCUT2D eigenvalue weighted by Gasteiger charge is 2.02. The monoisotopic (exact) mass is 150 g/mol. The Morgan fingerprint density at radius 3 is 2.82 bits per heavy atom. The molecular formula is C6H4N3O2-. The van der Waals surface area contributed by atoms with E-state index in [1.165, 1.54) is 24.3 Å². The third kappa shape index (κ3) is 1.57. The highest BCUT2D eigenvalue weighted by atomic mass is 16.6. The fraction of sp³-hybridized carbons (Fsp3) is 0. The summed E-state index contributed by atoms with van der Waals surface area (Å²) < 4.78 is 0. The van der Waals surface area contributed by atoms with Crippen molar-refractivity contribution in [2.75, 3.05) is 0 Å². The minimum atomic E-state index is -0.547. The molecule has 0 N–H and O–H groups in total. The predicted octanol–water partition coefficient (Wildman–Crippen LogP) is 2.25. The second-order valence-electron chi connectivity index (χ2n) is 1.88. The van der Waals surface area contributed by atoms with Crippen molar-refractivity contribution in [3.8, 4) is 0 Å². The summed E-state index contributed by atoms with van der Waals surface area (Å²) in [5.41, 5.74) is 8.34. The Morgan fingerprint density at radius 2 is 2.27 bits per heavy atom. The van der Waals surface area contributed by atoms with E-state index in [1.807, 2.05) is 0 Å². The van der Waals surface area contributed by atoms with E-state index in [2.05, 4.69) is 5.11 Å². The number of nitro groups is 1. The maximum atomic E-state index is 10.2. The Labute approximate surface area is 62.3 Å². The van der Waals surface area contributed by atoms with Gasteiger partial charge < -0.3 is 10.6 Å². The standard InChI is InChI=1S/C6H4N3O2/c7-8-5-2-1-3-6(4-5)9(10)11/h1-4H/q-1. The molecule has 0 aliphatic heterocycles. The summed E-state index contributed by atoms with van der Waals surface area (Å²) in [5, 5.41) is 13.0. The molecule has 0 unspecified atom stereocenters. The van der Waals surface area contributed by atoms with Gasteiger partial charge in [-0.25, -0.2) is 0 Å². The summed E-state index contributed by atoms with van der Waals surface area (Å²) in [5.74, 6) is 0. The van der Waals surface area contributed by atoms with Crippen LogP contribution in [0.25, 0.3) is 5.53 Å². The molecule has 0 radical (unpaired) electrons. The van der Waals surface area contributed by atoms with Gasteiger partial charge in [-0.2, -0.15) is 0 Å². The molecule has 0 saturated heterocycles. The molecule has 0 spiro atoms. The van der Waals surface area contributed by atoms with E-state index in [-0.39, 0.29) is 11.4 Å². The summed E-state index contributed by atoms with van der Waals surface area (Å²) in [6, 6.07) is 5.43. The zero-order valence-corrected chi connectivity index (χ0v) is 5.47. The van der Waals surface area contributed by atoms with Gasteiger partial charge in [0.05, 0.1) is 4.92 Å². The lowest BCUT2D eigenvalue weighted by molar-refractivity contribution is -0.384. The van der Waals surface area contributed by atoms with Gasteiger partial charge in [-0.1, -0.05) is 6.07 Å². The summed E-state index contributed by atoms with van der Waals surface area (Å²) in [4.78, 5) is 9.60. The summed E-state index contributed by atoms with van der Waals surface area (Å²) in [6.45, 7) is 0. The molecule has 11 heavy (non-hydrogen) atoms. The highest BCUT2D eigenvalue weighted by molar-refractivity contribution is 5.46. The van der Waals surface area contributed by atoms with E-state index >= 15 is 0 Å². The van der Waals surface area contributed by atoms with Crippen molar-refractivity contribution in [3.63, 3.8) is 0 Å². The van der Waals surface area contributed by atoms with Gasteiger partial charge in [0.25, 0.3) is 5.69 Å². The van der Waals surface area contributed by atoms with E-state index in [0.29, 0.717) is 0 Å². The second kappa shape index (κ2) is 2.87. The van der Waals surface area contributed by atoms with Crippen LogP contribution in [0.5, 0.6) is 0 Å². The van der Waals surface area contributed by atoms with E-state index < -0.39 is 4.92 Å². The van der Waals surface area contributed by atoms with Crippen molar-refractivity contribution < 1.29 is 4.92 Å². The molecule has 0 aromatic heterocycles. The number of nitrogens with zero attached hydrogens (tertiary/aromatic N) is 3. The van der Waals surface area contributed by atoms with E-state index in [4.69, 9.17) is 5.53 Å². The van der Waals surface area contributed by atoms with Gasteiger partial charge in [0.1, 0.15) is 0 Å². The van der Waals surface area contributed by atoms with Gasteiger partial charge in [0.2, 0.25) is 0 Å². The van der Waals surface area contributed by atoms with Crippen LogP contribution in [-0.2, 0) is 0 Å². The maximum absolute atomic E-state index is 10.2. The van der Waals surface area contributed by atoms with Crippen LogP contribution >= 0.6 is 0 Å². The molecule has 1 aromatic rings. The lowest BCUT2D eigenvalue weighted by Gasteiger charge is -1.95. The van der Waals surface area contributed by atoms with E-state index in [9.17, 15) is 10.1 Å². The van der Waals surface area contributed by atoms with Gasteiger partial charge in [0.15, 0.2) is 0 Å². The number of nitro benzene ring substituents is 1. The smallest absolute Gasteiger partial charge is 0.271 e. The van der Waals surface area contributed by atoms with Gasteiger partial charge in [0, 0.05) is 17.8 Å². The Morgan fingerprint density at radius 1 is 1.55 bits per heavy atom. The predicted molar refractivity (Wildman–Crippen MR) is 38.5 cm³/mol. The van der Waals surface area contributed by atoms with Crippen molar-refractivity contribution in [2.24, 2.45) is 5.11 Å². The molecule has 0 aliphatic carbocycles. The first kappa shape index (κ1) is 7.33. The average molecular weight is 150 g/mol. The molecule has 5 heteroatoms. The first-order valence-electron chi connectivity index (χ1n) is 2.83. The SMILES string of the molecule is [N-]=Nc1cccc([N+](=O)[O-])c1. The van der Waals surface area contributed by atoms with Crippen LogP contribution in [0.2, 0.25) is 0 Å². The Bertz CT molecular complexity index is 298. The minimum absolute atomic E-state index is 0.0831. The average Bonchev–Trinajstić information content (AvgIpc) is 2.05. The quantitative estimate of drug-likeness (QED) is 0.368. The molecule has 5 nitrogen and oxygen atoms in total. The van der Waals surface area contributed by atoms with Crippen molar-refractivity contribution >= 4 is 11.4 Å². The van der Waals surface area contributed by atoms with Crippen molar-refractivity contribution in [1.29, 1.82) is 0 Å². The first-order chi connectivity index (χ1) is 5.24. The van der Waals surface area contributed by atoms with Crippen LogP contribution in [0.15, 0.2) is 29.4 Å². The van der Waals surface area contributed by atoms with Crippen molar-refractivity contribution in [1.82, 2.24) is 0 Å². The molecular weight excluding hydrogens is 146 g/mol. The lowest BCUT2D eigenvalue weighted by atomic mass is 10.3. The van der Waals surface area contributed by atoms with E-state index in [1.54, 1.807) is 0 Å². The van der Waals surface area contributed by atoms with Crippen LogP contribution < -0.4 is 0 Å². The van der Waals surface area contributed by atoms with Gasteiger partial charge in [-0.05, 0) is 6.07 Å². The molecule has 0 fully saturated rings. The van der Waals surface area contributed by atoms with Crippen LogP contribution in [0.3, 0.4) is 0 Å². The fourth-order valence-corrected chi connectivity index (χ4v) is 0.669. The van der Waals surface area contributed by atoms with E-state index in [0.717, 1.165) is 0 Å². The molecule has 0 bridgehead atoms. The lowest BCUT2D eigenvalue weighted by Crippen LogP contribution is -1.85. The normalized spacial score (nSPS) is 9.09. The van der Waals surface area contributed by atoms with Crippen LogP contribution in [0.4, 0.5) is 11.4 Å². The zero-order chi connectivity index (χ0) is 8.27.